The molecule has 0 radical (unpaired) electrons. The molecular weight excluding hydrogens is 158 g/mol. The van der Waals surface area contributed by atoms with Crippen LogP contribution in [-0.2, 0) is 4.74 Å². The van der Waals surface area contributed by atoms with Crippen LogP contribution in [0.2, 0.25) is 0 Å². The lowest BCUT2D eigenvalue weighted by Gasteiger charge is -2.03. The molecule has 0 aromatic carbocycles. The van der Waals surface area contributed by atoms with Crippen LogP contribution in [0.1, 0.15) is 26.7 Å². The Morgan fingerprint density at radius 1 is 1.45 bits per heavy atom. The summed E-state index contributed by atoms with van der Waals surface area (Å²) in [6.45, 7) is 4.70. The fourth-order valence-electron chi connectivity index (χ4n) is 0.627. The highest BCUT2D eigenvalue weighted by Crippen LogP contribution is 2.04. The lowest BCUT2D eigenvalue weighted by molar-refractivity contribution is 0.322. The third kappa shape index (κ3) is 7.72. The Kier molecular flexibility index (Phi) is 7.79. The van der Waals surface area contributed by atoms with Crippen LogP contribution in [0.4, 0.5) is 0 Å². The second kappa shape index (κ2) is 7.92. The second-order valence-corrected chi connectivity index (χ2v) is 3.37. The first-order valence-electron chi connectivity index (χ1n) is 4.09. The molecule has 0 saturated heterocycles. The van der Waals surface area contributed by atoms with Crippen molar-refractivity contribution in [1.29, 1.82) is 5.41 Å². The molecule has 0 rings (SSSR count). The summed E-state index contributed by atoms with van der Waals surface area (Å²) in [5.74, 6) is 2.29. The van der Waals surface area contributed by atoms with Gasteiger partial charge in [0, 0.05) is 0 Å². The molecule has 1 N–H and O–H groups in total. The molecule has 0 aliphatic heterocycles. The van der Waals surface area contributed by atoms with Gasteiger partial charge < -0.3 is 4.74 Å². The van der Waals surface area contributed by atoms with Crippen molar-refractivity contribution in [2.75, 3.05) is 18.1 Å². The van der Waals surface area contributed by atoms with E-state index in [2.05, 4.69) is 6.92 Å². The maximum atomic E-state index is 7.28. The van der Waals surface area contributed by atoms with Gasteiger partial charge in [-0.2, -0.15) is 11.8 Å². The molecule has 0 aromatic rings. The van der Waals surface area contributed by atoms with E-state index in [4.69, 9.17) is 10.1 Å². The Morgan fingerprint density at radius 3 is 2.73 bits per heavy atom. The first-order chi connectivity index (χ1) is 5.31. The third-order valence-electron chi connectivity index (χ3n) is 1.19. The van der Waals surface area contributed by atoms with E-state index in [-0.39, 0.29) is 0 Å². The Labute approximate surface area is 73.2 Å². The van der Waals surface area contributed by atoms with Gasteiger partial charge >= 0.3 is 0 Å². The molecule has 0 bridgehead atoms. The zero-order valence-electron chi connectivity index (χ0n) is 7.35. The van der Waals surface area contributed by atoms with Gasteiger partial charge in [0.1, 0.15) is 0 Å². The fourth-order valence-corrected chi connectivity index (χ4v) is 1.53. The van der Waals surface area contributed by atoms with Gasteiger partial charge in [-0.1, -0.05) is 13.3 Å². The van der Waals surface area contributed by atoms with E-state index in [0.717, 1.165) is 11.5 Å². The van der Waals surface area contributed by atoms with E-state index < -0.39 is 0 Å². The predicted octanol–water partition coefficient (Wildman–Crippen LogP) is 2.53. The maximum Gasteiger partial charge on any atom is 0.190 e. The summed E-state index contributed by atoms with van der Waals surface area (Å²) in [6, 6.07) is 0. The second-order valence-electron chi connectivity index (χ2n) is 2.26. The third-order valence-corrected chi connectivity index (χ3v) is 2.24. The SMILES string of the molecule is CCCCSCC(=N)OCC. The molecule has 2 nitrogen and oxygen atoms in total. The van der Waals surface area contributed by atoms with Crippen molar-refractivity contribution in [2.45, 2.75) is 26.7 Å². The molecule has 0 saturated carbocycles. The molecule has 0 amide bonds. The maximum absolute atomic E-state index is 7.28. The number of hydrogen-bond donors (Lipinski definition) is 1. The summed E-state index contributed by atoms with van der Waals surface area (Å²) in [4.78, 5) is 0. The van der Waals surface area contributed by atoms with Crippen LogP contribution in [0.15, 0.2) is 0 Å². The van der Waals surface area contributed by atoms with Crippen LogP contribution in [0.5, 0.6) is 0 Å². The highest BCUT2D eigenvalue weighted by Gasteiger charge is 1.95. The van der Waals surface area contributed by atoms with E-state index in [1.165, 1.54) is 12.8 Å². The number of hydrogen-bond acceptors (Lipinski definition) is 3. The van der Waals surface area contributed by atoms with Crippen LogP contribution in [0.25, 0.3) is 0 Å². The molecule has 0 spiro atoms. The molecule has 0 atom stereocenters. The molecule has 0 unspecified atom stereocenters. The van der Waals surface area contributed by atoms with Crippen molar-refractivity contribution in [3.05, 3.63) is 0 Å². The van der Waals surface area contributed by atoms with Gasteiger partial charge in [0.05, 0.1) is 12.4 Å². The zero-order chi connectivity index (χ0) is 8.53. The molecular formula is C8H17NOS. The highest BCUT2D eigenvalue weighted by molar-refractivity contribution is 7.99. The van der Waals surface area contributed by atoms with Crippen molar-refractivity contribution >= 4 is 17.7 Å². The van der Waals surface area contributed by atoms with Crippen LogP contribution in [0.3, 0.4) is 0 Å². The Balaban J connectivity index is 3.04. The van der Waals surface area contributed by atoms with E-state index in [1.807, 2.05) is 6.92 Å². The monoisotopic (exact) mass is 175 g/mol. The molecule has 0 fully saturated rings. The zero-order valence-corrected chi connectivity index (χ0v) is 8.17. The average molecular weight is 175 g/mol. The van der Waals surface area contributed by atoms with Gasteiger partial charge in [0.25, 0.3) is 0 Å². The first-order valence-corrected chi connectivity index (χ1v) is 5.24. The molecule has 0 aromatic heterocycles. The molecule has 3 heteroatoms. The Hall–Kier alpha value is -0.180. The van der Waals surface area contributed by atoms with Gasteiger partial charge in [-0.05, 0) is 19.1 Å². The highest BCUT2D eigenvalue weighted by atomic mass is 32.2. The van der Waals surface area contributed by atoms with Gasteiger partial charge in [0.2, 0.25) is 0 Å². The smallest absolute Gasteiger partial charge is 0.190 e. The van der Waals surface area contributed by atoms with Crippen LogP contribution < -0.4 is 0 Å². The summed E-state index contributed by atoms with van der Waals surface area (Å²) in [5.41, 5.74) is 0. The predicted molar refractivity (Wildman–Crippen MR) is 51.6 cm³/mol. The molecule has 0 heterocycles. The van der Waals surface area contributed by atoms with Gasteiger partial charge in [-0.25, -0.2) is 0 Å². The fraction of sp³-hybridized carbons (Fsp3) is 0.875. The van der Waals surface area contributed by atoms with E-state index >= 15 is 0 Å². The summed E-state index contributed by atoms with van der Waals surface area (Å²) in [7, 11) is 0. The first kappa shape index (κ1) is 10.8. The van der Waals surface area contributed by atoms with Gasteiger partial charge in [-0.3, -0.25) is 5.41 Å². The van der Waals surface area contributed by atoms with Crippen molar-refractivity contribution in [3.63, 3.8) is 0 Å². The minimum absolute atomic E-state index is 0.411. The largest absolute Gasteiger partial charge is 0.481 e. The summed E-state index contributed by atoms with van der Waals surface area (Å²) < 4.78 is 4.98. The summed E-state index contributed by atoms with van der Waals surface area (Å²) in [5, 5.41) is 7.28. The lowest BCUT2D eigenvalue weighted by Crippen LogP contribution is -2.05. The Bertz CT molecular complexity index is 106. The molecule has 0 aliphatic carbocycles. The van der Waals surface area contributed by atoms with Gasteiger partial charge in [-0.15, -0.1) is 0 Å². The summed E-state index contributed by atoms with van der Waals surface area (Å²) in [6.07, 6.45) is 2.47. The number of rotatable bonds is 6. The van der Waals surface area contributed by atoms with Crippen LogP contribution in [-0.4, -0.2) is 24.0 Å². The van der Waals surface area contributed by atoms with E-state index in [1.54, 1.807) is 11.8 Å². The molecule has 0 aliphatic rings. The van der Waals surface area contributed by atoms with Crippen molar-refractivity contribution in [1.82, 2.24) is 0 Å². The normalized spacial score (nSPS) is 9.64. The lowest BCUT2D eigenvalue weighted by atomic mass is 10.4. The van der Waals surface area contributed by atoms with Crippen LogP contribution >= 0.6 is 11.8 Å². The van der Waals surface area contributed by atoms with Crippen molar-refractivity contribution in [3.8, 4) is 0 Å². The average Bonchev–Trinajstić information content (AvgIpc) is 1.99. The molecule has 66 valence electrons. The minimum atomic E-state index is 0.411. The standard InChI is InChI=1S/C8H17NOS/c1-3-5-6-11-7-8(9)10-4-2/h9H,3-7H2,1-2H3. The number of thioether (sulfide) groups is 1. The van der Waals surface area contributed by atoms with E-state index in [0.29, 0.717) is 12.5 Å². The summed E-state index contributed by atoms with van der Waals surface area (Å²) >= 11 is 1.78. The Morgan fingerprint density at radius 2 is 2.18 bits per heavy atom. The minimum Gasteiger partial charge on any atom is -0.481 e. The topological polar surface area (TPSA) is 33.1 Å². The number of unbranched alkanes of at least 4 members (excludes halogenated alkanes) is 1. The number of nitrogens with one attached hydrogen (secondary N) is 1. The quantitative estimate of drug-likeness (QED) is 0.382. The molecule has 11 heavy (non-hydrogen) atoms. The van der Waals surface area contributed by atoms with Crippen molar-refractivity contribution < 1.29 is 4.74 Å². The van der Waals surface area contributed by atoms with Gasteiger partial charge in [0.15, 0.2) is 5.90 Å². The van der Waals surface area contributed by atoms with E-state index in [9.17, 15) is 0 Å². The van der Waals surface area contributed by atoms with Crippen molar-refractivity contribution in [2.24, 2.45) is 0 Å². The number of ether oxygens (including phenoxy) is 1. The van der Waals surface area contributed by atoms with Crippen LogP contribution in [0, 0.1) is 5.41 Å².